The molecule has 0 aromatic heterocycles. The zero-order valence-corrected chi connectivity index (χ0v) is 15.2. The Morgan fingerprint density at radius 3 is 2.68 bits per heavy atom. The van der Waals surface area contributed by atoms with Crippen LogP contribution >= 0.6 is 15.9 Å². The highest BCUT2D eigenvalue weighted by molar-refractivity contribution is 9.10. The van der Waals surface area contributed by atoms with Crippen LogP contribution in [0.1, 0.15) is 12.0 Å². The van der Waals surface area contributed by atoms with E-state index in [1.54, 1.807) is 0 Å². The van der Waals surface area contributed by atoms with Gasteiger partial charge < -0.3 is 15.4 Å². The number of carbonyl (C=O) groups excluding carboxylic acids is 2. The van der Waals surface area contributed by atoms with Crippen molar-refractivity contribution in [2.45, 2.75) is 12.8 Å². The van der Waals surface area contributed by atoms with E-state index in [-0.39, 0.29) is 24.2 Å². The Balaban J connectivity index is 1.42. The summed E-state index contributed by atoms with van der Waals surface area (Å²) < 4.78 is 6.58. The first-order valence-electron chi connectivity index (χ1n) is 8.15. The number of para-hydroxylation sites is 1. The number of ether oxygens (including phenoxy) is 1. The van der Waals surface area contributed by atoms with Gasteiger partial charge in [-0.15, -0.1) is 0 Å². The Bertz CT molecular complexity index is 762. The van der Waals surface area contributed by atoms with Gasteiger partial charge >= 0.3 is 0 Å². The number of fused-ring (bicyclic) bond motifs is 1. The molecule has 3 rings (SSSR count). The second-order valence-corrected chi connectivity index (χ2v) is 6.83. The lowest BCUT2D eigenvalue weighted by Crippen LogP contribution is -2.38. The fourth-order valence-corrected chi connectivity index (χ4v) is 2.96. The molecule has 0 fully saturated rings. The smallest absolute Gasteiger partial charge is 0.226 e. The fraction of sp³-hybridized carbons (Fsp3) is 0.263. The van der Waals surface area contributed by atoms with Crippen LogP contribution in [0.2, 0.25) is 0 Å². The highest BCUT2D eigenvalue weighted by Crippen LogP contribution is 2.26. The Morgan fingerprint density at radius 2 is 1.88 bits per heavy atom. The fourth-order valence-electron chi connectivity index (χ4n) is 2.70. The molecular weight excluding hydrogens is 384 g/mol. The van der Waals surface area contributed by atoms with E-state index < -0.39 is 0 Å². The van der Waals surface area contributed by atoms with E-state index in [4.69, 9.17) is 4.74 Å². The molecule has 6 heteroatoms. The first-order chi connectivity index (χ1) is 12.1. The topological polar surface area (TPSA) is 67.4 Å². The van der Waals surface area contributed by atoms with Gasteiger partial charge in [0.15, 0.2) is 0 Å². The molecule has 0 spiro atoms. The molecule has 1 atom stereocenters. The van der Waals surface area contributed by atoms with E-state index >= 15 is 0 Å². The van der Waals surface area contributed by atoms with Gasteiger partial charge in [0.1, 0.15) is 12.4 Å². The lowest BCUT2D eigenvalue weighted by molar-refractivity contribution is -0.126. The van der Waals surface area contributed by atoms with Gasteiger partial charge in [0.05, 0.1) is 5.92 Å². The van der Waals surface area contributed by atoms with E-state index in [2.05, 4.69) is 26.6 Å². The maximum absolute atomic E-state index is 12.3. The van der Waals surface area contributed by atoms with Gasteiger partial charge in [0.25, 0.3) is 0 Å². The Kier molecular flexibility index (Phi) is 5.71. The third kappa shape index (κ3) is 4.82. The van der Waals surface area contributed by atoms with Crippen molar-refractivity contribution in [3.05, 3.63) is 58.6 Å². The quantitative estimate of drug-likeness (QED) is 0.806. The van der Waals surface area contributed by atoms with E-state index in [9.17, 15) is 9.59 Å². The van der Waals surface area contributed by atoms with E-state index in [0.29, 0.717) is 19.6 Å². The molecule has 25 heavy (non-hydrogen) atoms. The summed E-state index contributed by atoms with van der Waals surface area (Å²) in [5, 5.41) is 5.62. The summed E-state index contributed by atoms with van der Waals surface area (Å²) in [6.45, 7) is 0.674. The minimum absolute atomic E-state index is 0.0778. The van der Waals surface area contributed by atoms with Crippen molar-refractivity contribution in [3.8, 4) is 5.75 Å². The van der Waals surface area contributed by atoms with E-state index in [0.717, 1.165) is 21.5 Å². The number of anilines is 1. The van der Waals surface area contributed by atoms with Gasteiger partial charge in [0.2, 0.25) is 11.8 Å². The van der Waals surface area contributed by atoms with Crippen molar-refractivity contribution >= 4 is 33.4 Å². The molecule has 2 amide bonds. The van der Waals surface area contributed by atoms with Gasteiger partial charge in [0, 0.05) is 23.1 Å². The largest absolute Gasteiger partial charge is 0.492 e. The summed E-state index contributed by atoms with van der Waals surface area (Å²) in [4.78, 5) is 24.2. The van der Waals surface area contributed by atoms with Gasteiger partial charge in [-0.25, -0.2) is 0 Å². The third-order valence-electron chi connectivity index (χ3n) is 4.03. The van der Waals surface area contributed by atoms with Crippen LogP contribution < -0.4 is 15.4 Å². The van der Waals surface area contributed by atoms with E-state index in [1.807, 2.05) is 48.5 Å². The second-order valence-electron chi connectivity index (χ2n) is 5.92. The number of carbonyl (C=O) groups is 2. The summed E-state index contributed by atoms with van der Waals surface area (Å²) >= 11 is 3.35. The van der Waals surface area contributed by atoms with Crippen LogP contribution in [0.3, 0.4) is 0 Å². The molecular formula is C19H19BrN2O3. The molecule has 1 aliphatic heterocycles. The molecule has 0 radical (unpaired) electrons. The average molecular weight is 403 g/mol. The number of halogens is 1. The van der Waals surface area contributed by atoms with Crippen molar-refractivity contribution < 1.29 is 14.3 Å². The average Bonchev–Trinajstić information content (AvgIpc) is 2.63. The number of hydrogen-bond acceptors (Lipinski definition) is 3. The monoisotopic (exact) mass is 402 g/mol. The molecule has 0 bridgehead atoms. The molecule has 130 valence electrons. The van der Waals surface area contributed by atoms with Gasteiger partial charge in [-0.05, 0) is 42.3 Å². The SMILES string of the molecule is O=C(CCNC(=O)C1COc2ccccc2C1)Nc1ccc(Br)cc1. The second kappa shape index (κ2) is 8.16. The molecule has 5 nitrogen and oxygen atoms in total. The zero-order valence-electron chi connectivity index (χ0n) is 13.6. The molecule has 1 unspecified atom stereocenters. The van der Waals surface area contributed by atoms with Crippen molar-refractivity contribution in [1.82, 2.24) is 5.32 Å². The number of benzene rings is 2. The predicted octanol–water partition coefficient (Wildman–Crippen LogP) is 3.15. The standard InChI is InChI=1S/C19H19BrN2O3/c20-15-5-7-16(8-6-15)22-18(23)9-10-21-19(24)14-11-13-3-1-2-4-17(13)25-12-14/h1-8,14H,9-12H2,(H,21,24)(H,22,23). The molecule has 0 aliphatic carbocycles. The van der Waals surface area contributed by atoms with Crippen LogP contribution in [0.25, 0.3) is 0 Å². The van der Waals surface area contributed by atoms with Crippen LogP contribution in [-0.2, 0) is 16.0 Å². The number of rotatable bonds is 5. The molecule has 2 N–H and O–H groups in total. The maximum atomic E-state index is 12.3. The van der Waals surface area contributed by atoms with Gasteiger partial charge in [-0.1, -0.05) is 34.1 Å². The maximum Gasteiger partial charge on any atom is 0.226 e. The minimum atomic E-state index is -0.218. The first kappa shape index (κ1) is 17.5. The summed E-state index contributed by atoms with van der Waals surface area (Å²) in [6, 6.07) is 15.1. The van der Waals surface area contributed by atoms with Gasteiger partial charge in [-0.3, -0.25) is 9.59 Å². The number of nitrogens with one attached hydrogen (secondary N) is 2. The summed E-state index contributed by atoms with van der Waals surface area (Å²) in [6.07, 6.45) is 0.888. The van der Waals surface area contributed by atoms with Crippen LogP contribution in [-0.4, -0.2) is 25.0 Å². The predicted molar refractivity (Wildman–Crippen MR) is 99.5 cm³/mol. The molecule has 0 saturated carbocycles. The van der Waals surface area contributed by atoms with Crippen molar-refractivity contribution in [1.29, 1.82) is 0 Å². The first-order valence-corrected chi connectivity index (χ1v) is 8.95. The van der Waals surface area contributed by atoms with Crippen LogP contribution in [0, 0.1) is 5.92 Å². The van der Waals surface area contributed by atoms with Crippen molar-refractivity contribution in [3.63, 3.8) is 0 Å². The summed E-state index contributed by atoms with van der Waals surface area (Å²) in [5.41, 5.74) is 1.78. The van der Waals surface area contributed by atoms with Gasteiger partial charge in [-0.2, -0.15) is 0 Å². The van der Waals surface area contributed by atoms with Crippen LogP contribution in [0.4, 0.5) is 5.69 Å². The highest BCUT2D eigenvalue weighted by Gasteiger charge is 2.25. The Morgan fingerprint density at radius 1 is 1.12 bits per heavy atom. The lowest BCUT2D eigenvalue weighted by atomic mass is 9.96. The van der Waals surface area contributed by atoms with E-state index in [1.165, 1.54) is 0 Å². The highest BCUT2D eigenvalue weighted by atomic mass is 79.9. The number of hydrogen-bond donors (Lipinski definition) is 2. The van der Waals surface area contributed by atoms with Crippen molar-refractivity contribution in [2.75, 3.05) is 18.5 Å². The molecule has 2 aromatic carbocycles. The number of amides is 2. The Labute approximate surface area is 154 Å². The molecule has 1 heterocycles. The lowest BCUT2D eigenvalue weighted by Gasteiger charge is -2.24. The normalized spacial score (nSPS) is 15.6. The molecule has 1 aliphatic rings. The minimum Gasteiger partial charge on any atom is -0.492 e. The third-order valence-corrected chi connectivity index (χ3v) is 4.56. The Hall–Kier alpha value is -2.34. The van der Waals surface area contributed by atoms with Crippen LogP contribution in [0.15, 0.2) is 53.0 Å². The molecule has 0 saturated heterocycles. The molecule has 2 aromatic rings. The van der Waals surface area contributed by atoms with Crippen LogP contribution in [0.5, 0.6) is 5.75 Å². The van der Waals surface area contributed by atoms with Crippen molar-refractivity contribution in [2.24, 2.45) is 5.92 Å². The summed E-state index contributed by atoms with van der Waals surface area (Å²) in [7, 11) is 0. The summed E-state index contributed by atoms with van der Waals surface area (Å²) in [5.74, 6) is 0.420. The zero-order chi connectivity index (χ0) is 17.6.